The van der Waals surface area contributed by atoms with E-state index in [0.717, 1.165) is 5.56 Å². The zero-order valence-corrected chi connectivity index (χ0v) is 15.7. The third-order valence-corrected chi connectivity index (χ3v) is 8.42. The van der Waals surface area contributed by atoms with Crippen LogP contribution in [-0.2, 0) is 31.1 Å². The Balaban J connectivity index is 1.62. The van der Waals surface area contributed by atoms with Crippen LogP contribution in [0.25, 0.3) is 0 Å². The number of rotatable bonds is 5. The van der Waals surface area contributed by atoms with Gasteiger partial charge in [0, 0.05) is 26.1 Å². The maximum Gasteiger partial charge on any atom is 0.235 e. The second kappa shape index (κ2) is 6.60. The second-order valence-electron chi connectivity index (χ2n) is 6.58. The number of anilines is 1. The van der Waals surface area contributed by atoms with Gasteiger partial charge in [-0.15, -0.1) is 0 Å². The van der Waals surface area contributed by atoms with Gasteiger partial charge in [-0.2, -0.15) is 0 Å². The summed E-state index contributed by atoms with van der Waals surface area (Å²) < 4.78 is 49.7. The summed E-state index contributed by atoms with van der Waals surface area (Å²) in [6.45, 7) is 0.395. The van der Waals surface area contributed by atoms with Crippen LogP contribution in [0.1, 0.15) is 18.4 Å². The third-order valence-electron chi connectivity index (χ3n) is 4.90. The second-order valence-corrected chi connectivity index (χ2v) is 10.8. The average Bonchev–Trinajstić information content (AvgIpc) is 3.15. The standard InChI is InChI=1S/C16H22N2O5S2/c1-17(14-7-10-24(20,21)12-14)16(19)8-11-25(22,23)18-9-6-13-4-2-3-5-15(13)18/h2-5,14H,6-12H2,1H3. The molecule has 2 heterocycles. The van der Waals surface area contributed by atoms with E-state index in [2.05, 4.69) is 0 Å². The van der Waals surface area contributed by atoms with Crippen molar-refractivity contribution in [3.05, 3.63) is 29.8 Å². The summed E-state index contributed by atoms with van der Waals surface area (Å²) in [5.74, 6) is -0.568. The van der Waals surface area contributed by atoms with E-state index in [0.29, 0.717) is 25.1 Å². The highest BCUT2D eigenvalue weighted by atomic mass is 32.2. The number of sulfone groups is 1. The molecule has 1 amide bonds. The van der Waals surface area contributed by atoms with Crippen LogP contribution in [0.3, 0.4) is 0 Å². The Labute approximate surface area is 148 Å². The molecule has 0 aliphatic carbocycles. The van der Waals surface area contributed by atoms with Crippen molar-refractivity contribution in [1.29, 1.82) is 0 Å². The predicted molar refractivity (Wildman–Crippen MR) is 95.7 cm³/mol. The highest BCUT2D eigenvalue weighted by molar-refractivity contribution is 7.92. The number of carbonyl (C=O) groups excluding carboxylic acids is 1. The number of nitrogens with zero attached hydrogens (tertiary/aromatic N) is 2. The quantitative estimate of drug-likeness (QED) is 0.731. The Bertz CT molecular complexity index is 880. The normalized spacial score (nSPS) is 22.0. The molecule has 1 aromatic carbocycles. The summed E-state index contributed by atoms with van der Waals surface area (Å²) in [5.41, 5.74) is 1.68. The lowest BCUT2D eigenvalue weighted by molar-refractivity contribution is -0.131. The first-order chi connectivity index (χ1) is 11.7. The first kappa shape index (κ1) is 18.2. The highest BCUT2D eigenvalue weighted by Crippen LogP contribution is 2.30. The van der Waals surface area contributed by atoms with Gasteiger partial charge in [-0.3, -0.25) is 9.10 Å². The van der Waals surface area contributed by atoms with Crippen LogP contribution in [-0.4, -0.2) is 64.5 Å². The number of para-hydroxylation sites is 1. The van der Waals surface area contributed by atoms with Gasteiger partial charge in [-0.05, 0) is 24.5 Å². The number of amides is 1. The lowest BCUT2D eigenvalue weighted by Gasteiger charge is -2.24. The minimum atomic E-state index is -3.58. The van der Waals surface area contributed by atoms with Gasteiger partial charge in [-0.1, -0.05) is 18.2 Å². The fraction of sp³-hybridized carbons (Fsp3) is 0.562. The average molecular weight is 386 g/mol. The smallest absolute Gasteiger partial charge is 0.235 e. The molecule has 1 atom stereocenters. The van der Waals surface area contributed by atoms with Gasteiger partial charge in [0.2, 0.25) is 15.9 Å². The van der Waals surface area contributed by atoms with Crippen molar-refractivity contribution < 1.29 is 21.6 Å². The van der Waals surface area contributed by atoms with Gasteiger partial charge in [-0.25, -0.2) is 16.8 Å². The van der Waals surface area contributed by atoms with E-state index in [-0.39, 0.29) is 35.6 Å². The summed E-state index contributed by atoms with van der Waals surface area (Å²) in [6.07, 6.45) is 0.939. The Hall–Kier alpha value is -1.61. The van der Waals surface area contributed by atoms with Gasteiger partial charge in [0.15, 0.2) is 9.84 Å². The van der Waals surface area contributed by atoms with Crippen LogP contribution in [0.15, 0.2) is 24.3 Å². The molecular formula is C16H22N2O5S2. The molecule has 25 heavy (non-hydrogen) atoms. The number of carbonyl (C=O) groups is 1. The van der Waals surface area contributed by atoms with Crippen LogP contribution in [0.4, 0.5) is 5.69 Å². The van der Waals surface area contributed by atoms with Crippen molar-refractivity contribution in [2.24, 2.45) is 0 Å². The molecular weight excluding hydrogens is 364 g/mol. The van der Waals surface area contributed by atoms with E-state index in [1.807, 2.05) is 12.1 Å². The fourth-order valence-electron chi connectivity index (χ4n) is 3.38. The van der Waals surface area contributed by atoms with Crippen molar-refractivity contribution in [3.63, 3.8) is 0 Å². The third kappa shape index (κ3) is 3.82. The van der Waals surface area contributed by atoms with Crippen molar-refractivity contribution in [1.82, 2.24) is 4.90 Å². The zero-order chi connectivity index (χ0) is 18.2. The van der Waals surface area contributed by atoms with Crippen molar-refractivity contribution in [3.8, 4) is 0 Å². The molecule has 1 aromatic rings. The molecule has 0 saturated carbocycles. The first-order valence-electron chi connectivity index (χ1n) is 8.24. The number of fused-ring (bicyclic) bond motifs is 1. The van der Waals surface area contributed by atoms with Gasteiger partial charge in [0.1, 0.15) is 0 Å². The van der Waals surface area contributed by atoms with Gasteiger partial charge in [0.25, 0.3) is 0 Å². The lowest BCUT2D eigenvalue weighted by Crippen LogP contribution is -2.40. The summed E-state index contributed by atoms with van der Waals surface area (Å²) in [4.78, 5) is 13.7. The number of benzene rings is 1. The van der Waals surface area contributed by atoms with Gasteiger partial charge >= 0.3 is 0 Å². The number of hydrogen-bond donors (Lipinski definition) is 0. The molecule has 2 aliphatic rings. The molecule has 1 unspecified atom stereocenters. The largest absolute Gasteiger partial charge is 0.342 e. The highest BCUT2D eigenvalue weighted by Gasteiger charge is 2.34. The van der Waals surface area contributed by atoms with E-state index in [9.17, 15) is 21.6 Å². The molecule has 0 N–H and O–H groups in total. The maximum atomic E-state index is 12.6. The first-order valence-corrected chi connectivity index (χ1v) is 11.7. The molecule has 7 nitrogen and oxygen atoms in total. The van der Waals surface area contributed by atoms with Crippen LogP contribution in [0, 0.1) is 0 Å². The van der Waals surface area contributed by atoms with E-state index in [1.165, 1.54) is 9.21 Å². The fourth-order valence-corrected chi connectivity index (χ4v) is 6.66. The molecule has 138 valence electrons. The van der Waals surface area contributed by atoms with Crippen LogP contribution < -0.4 is 4.31 Å². The Morgan fingerprint density at radius 1 is 1.32 bits per heavy atom. The van der Waals surface area contributed by atoms with E-state index in [1.54, 1.807) is 19.2 Å². The molecule has 0 bridgehead atoms. The molecule has 1 fully saturated rings. The predicted octanol–water partition coefficient (Wildman–Crippen LogP) is 0.415. The maximum absolute atomic E-state index is 12.6. The van der Waals surface area contributed by atoms with Crippen LogP contribution >= 0.6 is 0 Å². The summed E-state index contributed by atoms with van der Waals surface area (Å²) >= 11 is 0. The summed E-state index contributed by atoms with van der Waals surface area (Å²) in [7, 11) is -5.12. The Morgan fingerprint density at radius 3 is 2.72 bits per heavy atom. The number of sulfonamides is 1. The van der Waals surface area contributed by atoms with Gasteiger partial charge < -0.3 is 4.90 Å². The van der Waals surface area contributed by atoms with Gasteiger partial charge in [0.05, 0.1) is 22.9 Å². The SMILES string of the molecule is CN(C(=O)CCS(=O)(=O)N1CCc2ccccc21)C1CCS(=O)(=O)C1. The topological polar surface area (TPSA) is 91.8 Å². The minimum absolute atomic E-state index is 0.0402. The van der Waals surface area contributed by atoms with E-state index >= 15 is 0 Å². The lowest BCUT2D eigenvalue weighted by atomic mass is 10.2. The molecule has 1 saturated heterocycles. The summed E-state index contributed by atoms with van der Waals surface area (Å²) in [6, 6.07) is 7.00. The zero-order valence-electron chi connectivity index (χ0n) is 14.1. The molecule has 0 aromatic heterocycles. The molecule has 0 radical (unpaired) electrons. The molecule has 2 aliphatic heterocycles. The van der Waals surface area contributed by atoms with Crippen molar-refractivity contribution in [2.45, 2.75) is 25.3 Å². The van der Waals surface area contributed by atoms with Crippen LogP contribution in [0.2, 0.25) is 0 Å². The van der Waals surface area contributed by atoms with E-state index < -0.39 is 19.9 Å². The molecule has 3 rings (SSSR count). The molecule has 0 spiro atoms. The van der Waals surface area contributed by atoms with Crippen LogP contribution in [0.5, 0.6) is 0 Å². The Kier molecular flexibility index (Phi) is 4.80. The number of hydrogen-bond acceptors (Lipinski definition) is 5. The van der Waals surface area contributed by atoms with E-state index in [4.69, 9.17) is 0 Å². The Morgan fingerprint density at radius 2 is 2.04 bits per heavy atom. The monoisotopic (exact) mass is 386 g/mol. The van der Waals surface area contributed by atoms with Crippen molar-refractivity contribution >= 4 is 31.5 Å². The minimum Gasteiger partial charge on any atom is -0.342 e. The summed E-state index contributed by atoms with van der Waals surface area (Å²) in [5, 5.41) is 0. The molecule has 9 heteroatoms. The van der Waals surface area contributed by atoms with Crippen molar-refractivity contribution in [2.75, 3.05) is 35.2 Å².